The van der Waals surface area contributed by atoms with Gasteiger partial charge in [-0.05, 0) is 45.9 Å². The maximum atomic E-state index is 12.8. The van der Waals surface area contributed by atoms with Crippen LogP contribution in [0.1, 0.15) is 37.0 Å². The second-order valence-corrected chi connectivity index (χ2v) is 7.22. The highest BCUT2D eigenvalue weighted by Gasteiger charge is 2.23. The Bertz CT molecular complexity index is 1010. The summed E-state index contributed by atoms with van der Waals surface area (Å²) >= 11 is 0. The third-order valence-electron chi connectivity index (χ3n) is 3.71. The summed E-state index contributed by atoms with van der Waals surface area (Å²) in [6.45, 7) is 7.43. The lowest BCUT2D eigenvalue weighted by atomic mass is 10.1. The first-order valence-electron chi connectivity index (χ1n) is 8.38. The summed E-state index contributed by atoms with van der Waals surface area (Å²) in [6.07, 6.45) is 0. The van der Waals surface area contributed by atoms with Gasteiger partial charge in [0.2, 0.25) is 0 Å². The monoisotopic (exact) mass is 368 g/mol. The van der Waals surface area contributed by atoms with Crippen molar-refractivity contribution in [3.8, 4) is 17.1 Å². The van der Waals surface area contributed by atoms with Crippen molar-refractivity contribution in [3.05, 3.63) is 64.0 Å². The smallest absolute Gasteiger partial charge is 0.271 e. The molecular weight excluding hydrogens is 348 g/mol. The SMILES string of the molecule is Cc1ccc(-c2cc(C(=O)NC(C)(C)C)n(-c3cccc([N+](=O)[O-])c3)n2)o1. The van der Waals surface area contributed by atoms with Crippen molar-refractivity contribution < 1.29 is 14.1 Å². The summed E-state index contributed by atoms with van der Waals surface area (Å²) in [7, 11) is 0. The molecule has 27 heavy (non-hydrogen) atoms. The van der Waals surface area contributed by atoms with Crippen LogP contribution in [0, 0.1) is 17.0 Å². The van der Waals surface area contributed by atoms with Gasteiger partial charge in [0.25, 0.3) is 11.6 Å². The van der Waals surface area contributed by atoms with Gasteiger partial charge < -0.3 is 9.73 Å². The molecule has 2 heterocycles. The van der Waals surface area contributed by atoms with E-state index >= 15 is 0 Å². The topological polar surface area (TPSA) is 103 Å². The summed E-state index contributed by atoms with van der Waals surface area (Å²) < 4.78 is 6.99. The third kappa shape index (κ3) is 4.05. The average molecular weight is 368 g/mol. The van der Waals surface area contributed by atoms with Gasteiger partial charge in [-0.25, -0.2) is 4.68 Å². The first-order chi connectivity index (χ1) is 12.6. The lowest BCUT2D eigenvalue weighted by molar-refractivity contribution is -0.384. The number of hydrogen-bond acceptors (Lipinski definition) is 5. The number of carbonyl (C=O) groups excluding carboxylic acids is 1. The van der Waals surface area contributed by atoms with Crippen LogP contribution in [0.15, 0.2) is 46.9 Å². The Morgan fingerprint density at radius 1 is 1.22 bits per heavy atom. The van der Waals surface area contributed by atoms with Crippen molar-refractivity contribution in [2.24, 2.45) is 0 Å². The Labute approximate surface area is 156 Å². The van der Waals surface area contributed by atoms with Gasteiger partial charge in [0.05, 0.1) is 10.6 Å². The van der Waals surface area contributed by atoms with E-state index in [-0.39, 0.29) is 17.3 Å². The maximum absolute atomic E-state index is 12.8. The van der Waals surface area contributed by atoms with Gasteiger partial charge in [-0.1, -0.05) is 6.07 Å². The van der Waals surface area contributed by atoms with E-state index in [9.17, 15) is 14.9 Å². The number of nitrogens with zero attached hydrogens (tertiary/aromatic N) is 3. The molecule has 0 saturated carbocycles. The molecule has 0 aliphatic carbocycles. The van der Waals surface area contributed by atoms with Gasteiger partial charge in [0.1, 0.15) is 17.1 Å². The molecule has 8 nitrogen and oxygen atoms in total. The van der Waals surface area contributed by atoms with Crippen molar-refractivity contribution in [2.75, 3.05) is 0 Å². The summed E-state index contributed by atoms with van der Waals surface area (Å²) in [5.41, 5.74) is 0.609. The second kappa shape index (κ2) is 6.71. The minimum atomic E-state index is -0.487. The lowest BCUT2D eigenvalue weighted by Crippen LogP contribution is -2.41. The van der Waals surface area contributed by atoms with Crippen LogP contribution >= 0.6 is 0 Å². The van der Waals surface area contributed by atoms with Gasteiger partial charge in [-0.2, -0.15) is 5.10 Å². The fourth-order valence-electron chi connectivity index (χ4n) is 2.58. The Balaban J connectivity index is 2.13. The number of nitro groups is 1. The van der Waals surface area contributed by atoms with Crippen LogP contribution in [-0.4, -0.2) is 26.1 Å². The third-order valence-corrected chi connectivity index (χ3v) is 3.71. The summed E-state index contributed by atoms with van der Waals surface area (Å²) in [6, 6.07) is 11.1. The van der Waals surface area contributed by atoms with E-state index in [0.717, 1.165) is 5.76 Å². The van der Waals surface area contributed by atoms with Gasteiger partial charge in [-0.3, -0.25) is 14.9 Å². The van der Waals surface area contributed by atoms with Crippen LogP contribution in [0.5, 0.6) is 0 Å². The van der Waals surface area contributed by atoms with Crippen LogP contribution in [0.2, 0.25) is 0 Å². The van der Waals surface area contributed by atoms with Crippen molar-refractivity contribution >= 4 is 11.6 Å². The summed E-state index contributed by atoms with van der Waals surface area (Å²) in [5, 5.41) is 18.4. The quantitative estimate of drug-likeness (QED) is 0.556. The summed E-state index contributed by atoms with van der Waals surface area (Å²) in [5.74, 6) is 0.896. The van der Waals surface area contributed by atoms with E-state index in [2.05, 4.69) is 10.4 Å². The van der Waals surface area contributed by atoms with E-state index in [4.69, 9.17) is 4.42 Å². The molecule has 2 aromatic heterocycles. The molecule has 1 aromatic carbocycles. The highest BCUT2D eigenvalue weighted by molar-refractivity contribution is 5.94. The van der Waals surface area contributed by atoms with Crippen LogP contribution in [0.4, 0.5) is 5.69 Å². The van der Waals surface area contributed by atoms with E-state index in [1.807, 2.05) is 27.7 Å². The van der Waals surface area contributed by atoms with Gasteiger partial charge in [0.15, 0.2) is 5.76 Å². The Kier molecular flexibility index (Phi) is 4.57. The van der Waals surface area contributed by atoms with Gasteiger partial charge in [-0.15, -0.1) is 0 Å². The Morgan fingerprint density at radius 3 is 2.56 bits per heavy atom. The van der Waals surface area contributed by atoms with Crippen LogP contribution < -0.4 is 5.32 Å². The van der Waals surface area contributed by atoms with Gasteiger partial charge >= 0.3 is 0 Å². The molecule has 0 atom stereocenters. The normalized spacial score (nSPS) is 11.4. The number of nitrogens with one attached hydrogen (secondary N) is 1. The molecular formula is C19H20N4O4. The number of furan rings is 1. The Morgan fingerprint density at radius 2 is 1.96 bits per heavy atom. The van der Waals surface area contributed by atoms with E-state index in [0.29, 0.717) is 17.1 Å². The fraction of sp³-hybridized carbons (Fsp3) is 0.263. The first-order valence-corrected chi connectivity index (χ1v) is 8.38. The van der Waals surface area contributed by atoms with Crippen molar-refractivity contribution in [1.29, 1.82) is 0 Å². The fourth-order valence-corrected chi connectivity index (χ4v) is 2.58. The number of non-ortho nitro benzene ring substituents is 1. The first kappa shape index (κ1) is 18.4. The molecule has 1 N–H and O–H groups in total. The standard InChI is InChI=1S/C19H20N4O4/c1-12-8-9-17(27-12)15-11-16(18(24)20-19(2,3)4)22(21-15)13-6-5-7-14(10-13)23(25)26/h5-11H,1-4H3,(H,20,24). The van der Waals surface area contributed by atoms with E-state index in [1.54, 1.807) is 30.3 Å². The predicted octanol–water partition coefficient (Wildman–Crippen LogP) is 3.88. The molecule has 0 spiro atoms. The molecule has 0 aliphatic heterocycles. The highest BCUT2D eigenvalue weighted by Crippen LogP contribution is 2.25. The number of amides is 1. The molecule has 0 radical (unpaired) electrons. The minimum Gasteiger partial charge on any atom is -0.460 e. The molecule has 0 aliphatic rings. The lowest BCUT2D eigenvalue weighted by Gasteiger charge is -2.20. The van der Waals surface area contributed by atoms with Crippen LogP contribution in [0.3, 0.4) is 0 Å². The van der Waals surface area contributed by atoms with Crippen LogP contribution in [-0.2, 0) is 0 Å². The maximum Gasteiger partial charge on any atom is 0.271 e. The Hall–Kier alpha value is -3.42. The molecule has 8 heteroatoms. The van der Waals surface area contributed by atoms with Crippen molar-refractivity contribution in [1.82, 2.24) is 15.1 Å². The number of nitro benzene ring substituents is 1. The number of carbonyl (C=O) groups is 1. The molecule has 3 rings (SSSR count). The second-order valence-electron chi connectivity index (χ2n) is 7.22. The summed E-state index contributed by atoms with van der Waals surface area (Å²) in [4.78, 5) is 23.4. The van der Waals surface area contributed by atoms with Crippen molar-refractivity contribution in [3.63, 3.8) is 0 Å². The number of hydrogen-bond donors (Lipinski definition) is 1. The molecule has 3 aromatic rings. The molecule has 0 saturated heterocycles. The number of aromatic nitrogens is 2. The number of aryl methyl sites for hydroxylation is 1. The molecule has 1 amide bonds. The number of benzene rings is 1. The molecule has 0 bridgehead atoms. The van der Waals surface area contributed by atoms with Crippen LogP contribution in [0.25, 0.3) is 17.1 Å². The minimum absolute atomic E-state index is 0.0828. The predicted molar refractivity (Wildman–Crippen MR) is 99.9 cm³/mol. The highest BCUT2D eigenvalue weighted by atomic mass is 16.6. The van der Waals surface area contributed by atoms with Crippen molar-refractivity contribution in [2.45, 2.75) is 33.2 Å². The molecule has 140 valence electrons. The molecule has 0 unspecified atom stereocenters. The average Bonchev–Trinajstić information content (AvgIpc) is 3.19. The number of rotatable bonds is 4. The molecule has 0 fully saturated rings. The zero-order valence-corrected chi connectivity index (χ0v) is 15.5. The van der Waals surface area contributed by atoms with Gasteiger partial charge in [0, 0.05) is 23.7 Å². The largest absolute Gasteiger partial charge is 0.460 e. The van der Waals surface area contributed by atoms with E-state index in [1.165, 1.54) is 16.8 Å². The zero-order chi connectivity index (χ0) is 19.8. The zero-order valence-electron chi connectivity index (χ0n) is 15.5. The van der Waals surface area contributed by atoms with E-state index < -0.39 is 10.5 Å².